The molecule has 2 N–H and O–H groups in total. The molecule has 0 aromatic heterocycles. The molecular formula is C13H17FN2O5. The molecule has 0 saturated heterocycles. The third-order valence-electron chi connectivity index (χ3n) is 2.64. The number of nitrogens with one attached hydrogen (secondary N) is 1. The number of carboxylic acid groups (broad SMARTS) is 1. The van der Waals surface area contributed by atoms with E-state index >= 15 is 0 Å². The number of carboxylic acids is 1. The number of nitro groups is 1. The van der Waals surface area contributed by atoms with Crippen molar-refractivity contribution in [3.8, 4) is 0 Å². The fraction of sp³-hybridized carbons (Fsp3) is 0.462. The summed E-state index contributed by atoms with van der Waals surface area (Å²) in [5.41, 5.74) is -1.12. The average molecular weight is 300 g/mol. The quantitative estimate of drug-likeness (QED) is 0.413. The predicted molar refractivity (Wildman–Crippen MR) is 74.2 cm³/mol. The van der Waals surface area contributed by atoms with Gasteiger partial charge in [0.15, 0.2) is 0 Å². The fourth-order valence-corrected chi connectivity index (χ4v) is 1.66. The molecule has 21 heavy (non-hydrogen) atoms. The minimum atomic E-state index is -1.48. The summed E-state index contributed by atoms with van der Waals surface area (Å²) in [5.74, 6) is -2.61. The van der Waals surface area contributed by atoms with Crippen LogP contribution in [0.25, 0.3) is 0 Å². The third-order valence-corrected chi connectivity index (χ3v) is 2.64. The number of hydrogen-bond donors (Lipinski definition) is 2. The van der Waals surface area contributed by atoms with Gasteiger partial charge in [0.1, 0.15) is 11.5 Å². The second kappa shape index (κ2) is 8.15. The molecule has 0 aliphatic carbocycles. The van der Waals surface area contributed by atoms with Crippen molar-refractivity contribution in [2.75, 3.05) is 25.1 Å². The molecule has 0 aliphatic heterocycles. The van der Waals surface area contributed by atoms with Gasteiger partial charge in [-0.1, -0.05) is 6.92 Å². The largest absolute Gasteiger partial charge is 0.478 e. The molecule has 116 valence electrons. The highest BCUT2D eigenvalue weighted by atomic mass is 19.1. The number of nitrogens with zero attached hydrogens (tertiary/aromatic N) is 1. The van der Waals surface area contributed by atoms with E-state index in [-0.39, 0.29) is 5.69 Å². The Morgan fingerprint density at radius 1 is 1.48 bits per heavy atom. The minimum Gasteiger partial charge on any atom is -0.478 e. The average Bonchev–Trinajstić information content (AvgIpc) is 2.43. The molecule has 0 unspecified atom stereocenters. The van der Waals surface area contributed by atoms with Crippen molar-refractivity contribution in [3.05, 3.63) is 33.6 Å². The van der Waals surface area contributed by atoms with Crippen LogP contribution in [0.3, 0.4) is 0 Å². The molecule has 1 rings (SSSR count). The second-order valence-electron chi connectivity index (χ2n) is 4.30. The molecule has 0 aliphatic rings. The van der Waals surface area contributed by atoms with Crippen molar-refractivity contribution >= 4 is 17.3 Å². The van der Waals surface area contributed by atoms with Crippen LogP contribution in [-0.2, 0) is 4.74 Å². The van der Waals surface area contributed by atoms with Gasteiger partial charge < -0.3 is 15.2 Å². The monoisotopic (exact) mass is 300 g/mol. The van der Waals surface area contributed by atoms with Crippen LogP contribution in [0, 0.1) is 15.9 Å². The Morgan fingerprint density at radius 3 is 2.76 bits per heavy atom. The zero-order valence-corrected chi connectivity index (χ0v) is 11.6. The van der Waals surface area contributed by atoms with Crippen LogP contribution in [0.4, 0.5) is 15.8 Å². The standard InChI is InChI=1S/C13H17FN2O5/c1-2-5-21-6-3-4-15-11-7-9(13(17)18)10(14)8-12(11)16(19)20/h7-8,15H,2-6H2,1H3,(H,17,18). The molecule has 1 aromatic rings. The van der Waals surface area contributed by atoms with Crippen molar-refractivity contribution in [3.63, 3.8) is 0 Å². The van der Waals surface area contributed by atoms with E-state index in [2.05, 4.69) is 5.32 Å². The van der Waals surface area contributed by atoms with Crippen LogP contribution in [0.5, 0.6) is 0 Å². The topological polar surface area (TPSA) is 102 Å². The summed E-state index contributed by atoms with van der Waals surface area (Å²) in [6.07, 6.45) is 1.50. The summed E-state index contributed by atoms with van der Waals surface area (Å²) >= 11 is 0. The molecule has 0 atom stereocenters. The molecule has 8 heteroatoms. The van der Waals surface area contributed by atoms with Crippen molar-refractivity contribution in [1.82, 2.24) is 0 Å². The minimum absolute atomic E-state index is 0.0192. The molecular weight excluding hydrogens is 283 g/mol. The van der Waals surface area contributed by atoms with Crippen LogP contribution in [0.2, 0.25) is 0 Å². The summed E-state index contributed by atoms with van der Waals surface area (Å²) in [7, 11) is 0. The maximum atomic E-state index is 13.4. The first kappa shape index (κ1) is 16.8. The van der Waals surface area contributed by atoms with E-state index in [1.165, 1.54) is 0 Å². The van der Waals surface area contributed by atoms with Gasteiger partial charge in [0.05, 0.1) is 16.6 Å². The zero-order chi connectivity index (χ0) is 15.8. The second-order valence-corrected chi connectivity index (χ2v) is 4.30. The summed E-state index contributed by atoms with van der Waals surface area (Å²) in [4.78, 5) is 20.9. The summed E-state index contributed by atoms with van der Waals surface area (Å²) in [6, 6.07) is 1.54. The smallest absolute Gasteiger partial charge is 0.338 e. The number of benzene rings is 1. The first-order valence-corrected chi connectivity index (χ1v) is 6.50. The maximum absolute atomic E-state index is 13.4. The first-order valence-electron chi connectivity index (χ1n) is 6.50. The zero-order valence-electron chi connectivity index (χ0n) is 11.6. The van der Waals surface area contributed by atoms with Crippen LogP contribution in [0.1, 0.15) is 30.1 Å². The summed E-state index contributed by atoms with van der Waals surface area (Å²) in [5, 5.41) is 22.4. The van der Waals surface area contributed by atoms with Gasteiger partial charge in [0.25, 0.3) is 5.69 Å². The van der Waals surface area contributed by atoms with E-state index in [9.17, 15) is 19.3 Å². The lowest BCUT2D eigenvalue weighted by atomic mass is 10.1. The molecule has 0 radical (unpaired) electrons. The van der Waals surface area contributed by atoms with Gasteiger partial charge in [-0.2, -0.15) is 0 Å². The van der Waals surface area contributed by atoms with E-state index in [4.69, 9.17) is 9.84 Å². The van der Waals surface area contributed by atoms with E-state index in [1.807, 2.05) is 6.92 Å². The summed E-state index contributed by atoms with van der Waals surface area (Å²) < 4.78 is 18.7. The van der Waals surface area contributed by atoms with Gasteiger partial charge in [-0.3, -0.25) is 10.1 Å². The van der Waals surface area contributed by atoms with E-state index in [1.54, 1.807) is 0 Å². The van der Waals surface area contributed by atoms with Crippen molar-refractivity contribution in [2.45, 2.75) is 19.8 Å². The van der Waals surface area contributed by atoms with E-state index < -0.39 is 28.0 Å². The van der Waals surface area contributed by atoms with Crippen molar-refractivity contribution < 1.29 is 24.0 Å². The molecule has 0 heterocycles. The molecule has 0 amide bonds. The Balaban J connectivity index is 2.76. The van der Waals surface area contributed by atoms with Gasteiger partial charge in [-0.25, -0.2) is 9.18 Å². The highest BCUT2D eigenvalue weighted by Crippen LogP contribution is 2.27. The lowest BCUT2D eigenvalue weighted by Gasteiger charge is -2.09. The van der Waals surface area contributed by atoms with Gasteiger partial charge in [-0.15, -0.1) is 0 Å². The Bertz CT molecular complexity index is 522. The van der Waals surface area contributed by atoms with E-state index in [0.717, 1.165) is 12.5 Å². The molecule has 7 nitrogen and oxygen atoms in total. The molecule has 0 fully saturated rings. The number of halogens is 1. The molecule has 0 bridgehead atoms. The van der Waals surface area contributed by atoms with Gasteiger partial charge in [0, 0.05) is 19.8 Å². The third kappa shape index (κ3) is 4.99. The first-order chi connectivity index (χ1) is 9.97. The summed E-state index contributed by atoms with van der Waals surface area (Å²) in [6.45, 7) is 3.46. The highest BCUT2D eigenvalue weighted by Gasteiger charge is 2.21. The Labute approximate surface area is 120 Å². The van der Waals surface area contributed by atoms with E-state index in [0.29, 0.717) is 32.2 Å². The fourth-order valence-electron chi connectivity index (χ4n) is 1.66. The number of carbonyl (C=O) groups is 1. The number of rotatable bonds is 9. The molecule has 1 aromatic carbocycles. The number of anilines is 1. The maximum Gasteiger partial charge on any atom is 0.338 e. The molecule has 0 saturated carbocycles. The Kier molecular flexibility index (Phi) is 6.54. The van der Waals surface area contributed by atoms with Crippen LogP contribution in [0.15, 0.2) is 12.1 Å². The lowest BCUT2D eigenvalue weighted by molar-refractivity contribution is -0.384. The number of ether oxygens (including phenoxy) is 1. The number of nitro benzene ring substituents is 1. The van der Waals surface area contributed by atoms with Crippen LogP contribution >= 0.6 is 0 Å². The SMILES string of the molecule is CCCOCCCNc1cc(C(=O)O)c(F)cc1[N+](=O)[O-]. The highest BCUT2D eigenvalue weighted by molar-refractivity contribution is 5.90. The normalized spacial score (nSPS) is 10.4. The van der Waals surface area contributed by atoms with Crippen LogP contribution in [-0.4, -0.2) is 35.8 Å². The number of aromatic carboxylic acids is 1. The van der Waals surface area contributed by atoms with Gasteiger partial charge in [0.2, 0.25) is 0 Å². The van der Waals surface area contributed by atoms with Crippen LogP contribution < -0.4 is 5.32 Å². The predicted octanol–water partition coefficient (Wildman–Crippen LogP) is 2.66. The Hall–Kier alpha value is -2.22. The lowest BCUT2D eigenvalue weighted by Crippen LogP contribution is -2.10. The van der Waals surface area contributed by atoms with Gasteiger partial charge >= 0.3 is 5.97 Å². The van der Waals surface area contributed by atoms with Crippen molar-refractivity contribution in [2.24, 2.45) is 0 Å². The number of hydrogen-bond acceptors (Lipinski definition) is 5. The van der Waals surface area contributed by atoms with Crippen molar-refractivity contribution in [1.29, 1.82) is 0 Å². The Morgan fingerprint density at radius 2 is 2.19 bits per heavy atom. The van der Waals surface area contributed by atoms with Gasteiger partial charge in [-0.05, 0) is 18.9 Å². The molecule has 0 spiro atoms.